The quantitative estimate of drug-likeness (QED) is 0.515. The summed E-state index contributed by atoms with van der Waals surface area (Å²) in [6.45, 7) is 4.07. The summed E-state index contributed by atoms with van der Waals surface area (Å²) in [5.41, 5.74) is 7.92. The number of aliphatic imine (C=N–C) groups is 1. The summed E-state index contributed by atoms with van der Waals surface area (Å²) in [5.74, 6) is 1.92. The Morgan fingerprint density at radius 2 is 2.07 bits per heavy atom. The van der Waals surface area contributed by atoms with Gasteiger partial charge in [0.05, 0.1) is 12.8 Å². The van der Waals surface area contributed by atoms with Crippen LogP contribution in [0, 0.1) is 5.92 Å². The number of nitrogens with one attached hydrogen (secondary N) is 1. The lowest BCUT2D eigenvalue weighted by Crippen LogP contribution is -2.47. The number of piperidine rings is 1. The van der Waals surface area contributed by atoms with E-state index in [-0.39, 0.29) is 5.91 Å². The maximum Gasteiger partial charge on any atom is 0.217 e. The summed E-state index contributed by atoms with van der Waals surface area (Å²) in [4.78, 5) is 20.3. The van der Waals surface area contributed by atoms with Crippen molar-refractivity contribution in [1.82, 2.24) is 15.1 Å². The molecular formula is C23H33N5O2. The minimum atomic E-state index is -0.225. The molecule has 1 aromatic carbocycles. The van der Waals surface area contributed by atoms with Gasteiger partial charge in [-0.15, -0.1) is 0 Å². The molecule has 7 heteroatoms. The molecule has 0 bridgehead atoms. The molecule has 3 N–H and O–H groups in total. The van der Waals surface area contributed by atoms with Gasteiger partial charge in [-0.1, -0.05) is 24.3 Å². The Kier molecular flexibility index (Phi) is 7.90. The highest BCUT2D eigenvalue weighted by molar-refractivity contribution is 5.80. The number of guanidine groups is 1. The Balaban J connectivity index is 1.58. The summed E-state index contributed by atoms with van der Waals surface area (Å²) in [5, 5.41) is 3.51. The fraction of sp³-hybridized carbons (Fsp3) is 0.478. The van der Waals surface area contributed by atoms with E-state index in [1.165, 1.54) is 11.1 Å². The predicted molar refractivity (Wildman–Crippen MR) is 119 cm³/mol. The monoisotopic (exact) mass is 411 g/mol. The number of furan rings is 1. The number of carbonyl (C=O) groups excluding carboxylic acids is 1. The fourth-order valence-corrected chi connectivity index (χ4v) is 4.11. The van der Waals surface area contributed by atoms with Crippen molar-refractivity contribution < 1.29 is 9.21 Å². The van der Waals surface area contributed by atoms with Crippen LogP contribution in [0.2, 0.25) is 0 Å². The molecule has 1 fully saturated rings. The second kappa shape index (κ2) is 10.8. The van der Waals surface area contributed by atoms with Crippen LogP contribution in [0.5, 0.6) is 0 Å². The maximum absolute atomic E-state index is 11.3. The van der Waals surface area contributed by atoms with E-state index in [2.05, 4.69) is 51.4 Å². The van der Waals surface area contributed by atoms with Crippen molar-refractivity contribution >= 4 is 11.9 Å². The zero-order valence-electron chi connectivity index (χ0n) is 18.0. The van der Waals surface area contributed by atoms with Gasteiger partial charge in [0.2, 0.25) is 5.91 Å². The molecule has 0 spiro atoms. The number of rotatable bonds is 8. The van der Waals surface area contributed by atoms with Gasteiger partial charge in [0.1, 0.15) is 5.76 Å². The third-order valence-corrected chi connectivity index (χ3v) is 5.52. The molecule has 162 valence electrons. The fourth-order valence-electron chi connectivity index (χ4n) is 4.11. The Bertz CT molecular complexity index is 834. The lowest BCUT2D eigenvalue weighted by atomic mass is 9.95. The molecule has 1 unspecified atom stereocenters. The first-order valence-electron chi connectivity index (χ1n) is 10.6. The molecule has 1 saturated heterocycles. The number of carbonyl (C=O) groups is 1. The molecule has 0 saturated carbocycles. The van der Waals surface area contributed by atoms with Crippen molar-refractivity contribution in [2.75, 3.05) is 27.2 Å². The van der Waals surface area contributed by atoms with Gasteiger partial charge in [0, 0.05) is 39.6 Å². The minimum Gasteiger partial charge on any atom is -0.468 e. The molecule has 1 aromatic heterocycles. The first-order valence-corrected chi connectivity index (χ1v) is 10.6. The van der Waals surface area contributed by atoms with Crippen molar-refractivity contribution in [1.29, 1.82) is 0 Å². The number of hydrogen-bond acceptors (Lipinski definition) is 4. The van der Waals surface area contributed by atoms with Crippen molar-refractivity contribution in [3.63, 3.8) is 0 Å². The normalized spacial score (nSPS) is 17.4. The van der Waals surface area contributed by atoms with E-state index in [0.29, 0.717) is 18.9 Å². The molecule has 0 aliphatic carbocycles. The molecule has 7 nitrogen and oxygen atoms in total. The highest BCUT2D eigenvalue weighted by atomic mass is 16.3. The first kappa shape index (κ1) is 21.9. The van der Waals surface area contributed by atoms with Gasteiger partial charge in [0.15, 0.2) is 5.96 Å². The van der Waals surface area contributed by atoms with Crippen molar-refractivity contribution in [3.05, 3.63) is 59.5 Å². The molecule has 1 aliphatic heterocycles. The highest BCUT2D eigenvalue weighted by Gasteiger charge is 2.23. The third-order valence-electron chi connectivity index (χ3n) is 5.52. The molecular weight excluding hydrogens is 378 g/mol. The van der Waals surface area contributed by atoms with Gasteiger partial charge in [0.25, 0.3) is 0 Å². The number of nitrogens with two attached hydrogens (primary N) is 1. The summed E-state index contributed by atoms with van der Waals surface area (Å²) >= 11 is 0. The Labute approximate surface area is 178 Å². The van der Waals surface area contributed by atoms with Crippen LogP contribution in [-0.2, 0) is 24.4 Å². The van der Waals surface area contributed by atoms with E-state index < -0.39 is 0 Å². The van der Waals surface area contributed by atoms with Crippen LogP contribution in [0.25, 0.3) is 0 Å². The van der Waals surface area contributed by atoms with Crippen molar-refractivity contribution in [2.24, 2.45) is 16.6 Å². The van der Waals surface area contributed by atoms with Gasteiger partial charge in [-0.05, 0) is 49.1 Å². The predicted octanol–water partition coefficient (Wildman–Crippen LogP) is 2.57. The van der Waals surface area contributed by atoms with Crippen LogP contribution in [0.4, 0.5) is 0 Å². The lowest BCUT2D eigenvalue weighted by molar-refractivity contribution is -0.119. The van der Waals surface area contributed by atoms with E-state index in [9.17, 15) is 4.79 Å². The van der Waals surface area contributed by atoms with Gasteiger partial charge in [-0.3, -0.25) is 14.7 Å². The van der Waals surface area contributed by atoms with Crippen LogP contribution < -0.4 is 11.1 Å². The number of likely N-dealkylation sites (tertiary alicyclic amines) is 1. The summed E-state index contributed by atoms with van der Waals surface area (Å²) < 4.78 is 5.46. The molecule has 0 radical (unpaired) electrons. The SMILES string of the molecule is CN=C(NCc1ccccc1CN(C)Cc1ccco1)N1CCCC(CC(N)=O)C1. The Morgan fingerprint density at radius 3 is 2.77 bits per heavy atom. The van der Waals surface area contributed by atoms with Crippen LogP contribution in [0.1, 0.15) is 36.1 Å². The number of primary amides is 1. The van der Waals surface area contributed by atoms with Crippen molar-refractivity contribution in [2.45, 2.75) is 38.9 Å². The molecule has 30 heavy (non-hydrogen) atoms. The first-order chi connectivity index (χ1) is 14.5. The number of hydrogen-bond donors (Lipinski definition) is 2. The van der Waals surface area contributed by atoms with E-state index in [1.807, 2.05) is 19.2 Å². The lowest BCUT2D eigenvalue weighted by Gasteiger charge is -2.34. The molecule has 2 aromatic rings. The van der Waals surface area contributed by atoms with Gasteiger partial charge < -0.3 is 20.4 Å². The van der Waals surface area contributed by atoms with Crippen LogP contribution >= 0.6 is 0 Å². The summed E-state index contributed by atoms with van der Waals surface area (Å²) in [6.07, 6.45) is 4.24. The molecule has 1 amide bonds. The topological polar surface area (TPSA) is 87.1 Å². The maximum atomic E-state index is 11.3. The minimum absolute atomic E-state index is 0.225. The molecule has 2 heterocycles. The van der Waals surface area contributed by atoms with E-state index >= 15 is 0 Å². The standard InChI is InChI=1S/C23H33N5O2/c1-25-23(28-11-5-7-18(15-28)13-22(24)29)26-14-19-8-3-4-9-20(19)16-27(2)17-21-10-6-12-30-21/h3-4,6,8-10,12,18H,5,7,11,13-17H2,1-2H3,(H2,24,29)(H,25,26). The average Bonchev–Trinajstić information content (AvgIpc) is 3.22. The Morgan fingerprint density at radius 1 is 1.27 bits per heavy atom. The van der Waals surface area contributed by atoms with E-state index in [4.69, 9.17) is 10.2 Å². The highest BCUT2D eigenvalue weighted by Crippen LogP contribution is 2.20. The third kappa shape index (κ3) is 6.35. The van der Waals surface area contributed by atoms with Crippen LogP contribution in [0.15, 0.2) is 52.1 Å². The largest absolute Gasteiger partial charge is 0.468 e. The Hall–Kier alpha value is -2.80. The average molecular weight is 412 g/mol. The summed E-state index contributed by atoms with van der Waals surface area (Å²) in [6, 6.07) is 12.4. The number of amides is 1. The van der Waals surface area contributed by atoms with E-state index in [1.54, 1.807) is 6.26 Å². The second-order valence-electron chi connectivity index (χ2n) is 8.05. The smallest absolute Gasteiger partial charge is 0.217 e. The summed E-state index contributed by atoms with van der Waals surface area (Å²) in [7, 11) is 3.90. The molecule has 3 rings (SSSR count). The number of nitrogens with zero attached hydrogens (tertiary/aromatic N) is 3. The molecule has 1 aliphatic rings. The molecule has 1 atom stereocenters. The second-order valence-corrected chi connectivity index (χ2v) is 8.05. The van der Waals surface area contributed by atoms with Gasteiger partial charge in [-0.25, -0.2) is 0 Å². The zero-order chi connectivity index (χ0) is 21.3. The van der Waals surface area contributed by atoms with E-state index in [0.717, 1.165) is 50.7 Å². The van der Waals surface area contributed by atoms with Crippen LogP contribution in [-0.4, -0.2) is 48.9 Å². The van der Waals surface area contributed by atoms with Crippen molar-refractivity contribution in [3.8, 4) is 0 Å². The van der Waals surface area contributed by atoms with Gasteiger partial charge >= 0.3 is 0 Å². The van der Waals surface area contributed by atoms with Gasteiger partial charge in [-0.2, -0.15) is 0 Å². The zero-order valence-corrected chi connectivity index (χ0v) is 18.0. The van der Waals surface area contributed by atoms with Crippen LogP contribution in [0.3, 0.4) is 0 Å². The number of benzene rings is 1.